The number of rotatable bonds is 11. The number of carbonyl (C=O) groups excluding carboxylic acids is 2. The molecule has 1 N–H and O–H groups in total. The lowest BCUT2D eigenvalue weighted by molar-refractivity contribution is -0.139. The summed E-state index contributed by atoms with van der Waals surface area (Å²) >= 11 is 0. The molecule has 2 heterocycles. The molecule has 0 aliphatic carbocycles. The van der Waals surface area contributed by atoms with Crippen LogP contribution in [0.15, 0.2) is 66.8 Å². The fourth-order valence-electron chi connectivity index (χ4n) is 4.41. The molecule has 0 spiro atoms. The van der Waals surface area contributed by atoms with E-state index >= 15 is 0 Å². The molecule has 1 amide bonds. The molecule has 1 saturated heterocycles. The molecule has 194 valence electrons. The number of Topliss-reactive ketones (excluding diaryl/α,β-unsaturated/α-hetero) is 1. The first-order valence-electron chi connectivity index (χ1n) is 12.2. The summed E-state index contributed by atoms with van der Waals surface area (Å²) in [5, 5.41) is 11.3. The van der Waals surface area contributed by atoms with Gasteiger partial charge in [0.15, 0.2) is 11.5 Å². The van der Waals surface area contributed by atoms with Gasteiger partial charge in [0.1, 0.15) is 11.5 Å². The Labute approximate surface area is 215 Å². The Kier molecular flexibility index (Phi) is 8.12. The fraction of sp³-hybridized carbons (Fsp3) is 0.321. The lowest BCUT2D eigenvalue weighted by atomic mass is 9.95. The average Bonchev–Trinajstić information content (AvgIpc) is 3.53. The van der Waals surface area contributed by atoms with Gasteiger partial charge in [-0.25, -0.2) is 4.98 Å². The normalized spacial score (nSPS) is 16.7. The molecule has 4 rings (SSSR count). The zero-order valence-electron chi connectivity index (χ0n) is 21.2. The number of hydrogen-bond donors (Lipinski definition) is 1. The number of likely N-dealkylation sites (tertiary alicyclic amines) is 1. The molecule has 1 atom stereocenters. The number of imidazole rings is 1. The SMILES string of the molecule is CCCOc1ccc(/C(O)=C2\C(=O)C(=O)N(CCCn3ccnc3)[C@@H]2c2ccc(OC)c(OC)c2)cc1. The van der Waals surface area contributed by atoms with Gasteiger partial charge in [-0.05, 0) is 54.8 Å². The van der Waals surface area contributed by atoms with E-state index in [1.165, 1.54) is 19.1 Å². The third-order valence-corrected chi connectivity index (χ3v) is 6.24. The van der Waals surface area contributed by atoms with Crippen molar-refractivity contribution in [2.75, 3.05) is 27.4 Å². The zero-order chi connectivity index (χ0) is 26.4. The molecule has 1 fully saturated rings. The molecule has 0 unspecified atom stereocenters. The van der Waals surface area contributed by atoms with Crippen LogP contribution in [0.25, 0.3) is 5.76 Å². The minimum Gasteiger partial charge on any atom is -0.507 e. The highest BCUT2D eigenvalue weighted by molar-refractivity contribution is 6.46. The highest BCUT2D eigenvalue weighted by atomic mass is 16.5. The topological polar surface area (TPSA) is 103 Å². The van der Waals surface area contributed by atoms with Gasteiger partial charge >= 0.3 is 0 Å². The lowest BCUT2D eigenvalue weighted by Crippen LogP contribution is -2.31. The van der Waals surface area contributed by atoms with E-state index in [-0.39, 0.29) is 11.3 Å². The van der Waals surface area contributed by atoms with Gasteiger partial charge in [-0.3, -0.25) is 9.59 Å². The van der Waals surface area contributed by atoms with Crippen LogP contribution in [0.2, 0.25) is 0 Å². The molecule has 3 aromatic rings. The van der Waals surface area contributed by atoms with Gasteiger partial charge in [-0.15, -0.1) is 0 Å². The van der Waals surface area contributed by atoms with Crippen molar-refractivity contribution >= 4 is 17.4 Å². The van der Waals surface area contributed by atoms with Crippen LogP contribution in [0.3, 0.4) is 0 Å². The number of nitrogens with zero attached hydrogens (tertiary/aromatic N) is 3. The van der Waals surface area contributed by atoms with Gasteiger partial charge in [-0.2, -0.15) is 0 Å². The summed E-state index contributed by atoms with van der Waals surface area (Å²) in [6.07, 6.45) is 6.70. The summed E-state index contributed by atoms with van der Waals surface area (Å²) in [6, 6.07) is 11.3. The van der Waals surface area contributed by atoms with E-state index in [1.54, 1.807) is 55.0 Å². The molecule has 9 nitrogen and oxygen atoms in total. The van der Waals surface area contributed by atoms with Crippen LogP contribution < -0.4 is 14.2 Å². The number of aryl methyl sites for hydroxylation is 1. The summed E-state index contributed by atoms with van der Waals surface area (Å²) in [4.78, 5) is 32.0. The number of carbonyl (C=O) groups is 2. The zero-order valence-corrected chi connectivity index (χ0v) is 21.2. The van der Waals surface area contributed by atoms with Crippen molar-refractivity contribution in [2.24, 2.45) is 0 Å². The summed E-state index contributed by atoms with van der Waals surface area (Å²) in [6.45, 7) is 3.53. The minimum atomic E-state index is -0.793. The first-order valence-corrected chi connectivity index (χ1v) is 12.2. The molecule has 1 aliphatic heterocycles. The summed E-state index contributed by atoms with van der Waals surface area (Å²) in [5.41, 5.74) is 1.08. The van der Waals surface area contributed by atoms with Crippen LogP contribution in [0.1, 0.15) is 36.9 Å². The first-order chi connectivity index (χ1) is 18.0. The summed E-state index contributed by atoms with van der Waals surface area (Å²) in [5.74, 6) is 0.0144. The third kappa shape index (κ3) is 5.45. The van der Waals surface area contributed by atoms with Gasteiger partial charge < -0.3 is 28.8 Å². The van der Waals surface area contributed by atoms with Crippen molar-refractivity contribution in [3.8, 4) is 17.2 Å². The minimum absolute atomic E-state index is 0.0297. The Balaban J connectivity index is 1.73. The van der Waals surface area contributed by atoms with Crippen LogP contribution in [-0.4, -0.2) is 58.6 Å². The molecule has 0 radical (unpaired) electrons. The number of amides is 1. The number of hydrogen-bond acceptors (Lipinski definition) is 7. The third-order valence-electron chi connectivity index (χ3n) is 6.24. The molecular formula is C28H31N3O6. The van der Waals surface area contributed by atoms with Crippen molar-refractivity contribution in [1.29, 1.82) is 0 Å². The van der Waals surface area contributed by atoms with E-state index in [0.717, 1.165) is 6.42 Å². The van der Waals surface area contributed by atoms with E-state index in [9.17, 15) is 14.7 Å². The number of aromatic nitrogens is 2. The largest absolute Gasteiger partial charge is 0.507 e. The van der Waals surface area contributed by atoms with Crippen molar-refractivity contribution in [3.63, 3.8) is 0 Å². The number of ether oxygens (including phenoxy) is 3. The first kappa shape index (κ1) is 25.8. The predicted octanol–water partition coefficient (Wildman–Crippen LogP) is 4.20. The Morgan fingerprint density at radius 2 is 1.78 bits per heavy atom. The van der Waals surface area contributed by atoms with E-state index in [1.807, 2.05) is 17.7 Å². The Morgan fingerprint density at radius 3 is 2.43 bits per heavy atom. The lowest BCUT2D eigenvalue weighted by Gasteiger charge is -2.26. The van der Waals surface area contributed by atoms with Gasteiger partial charge in [0.2, 0.25) is 0 Å². The van der Waals surface area contributed by atoms with E-state index in [0.29, 0.717) is 54.5 Å². The highest BCUT2D eigenvalue weighted by Crippen LogP contribution is 2.42. The van der Waals surface area contributed by atoms with Crippen LogP contribution in [0.5, 0.6) is 17.2 Å². The number of aliphatic hydroxyl groups excluding tert-OH is 1. The smallest absolute Gasteiger partial charge is 0.295 e. The molecule has 0 bridgehead atoms. The average molecular weight is 506 g/mol. The van der Waals surface area contributed by atoms with Gasteiger partial charge in [0, 0.05) is 31.0 Å². The van der Waals surface area contributed by atoms with Crippen molar-refractivity contribution in [1.82, 2.24) is 14.5 Å². The maximum Gasteiger partial charge on any atom is 0.295 e. The molecule has 37 heavy (non-hydrogen) atoms. The molecule has 0 saturated carbocycles. The van der Waals surface area contributed by atoms with Crippen LogP contribution in [-0.2, 0) is 16.1 Å². The van der Waals surface area contributed by atoms with Crippen LogP contribution in [0, 0.1) is 0 Å². The highest BCUT2D eigenvalue weighted by Gasteiger charge is 2.46. The molecule has 9 heteroatoms. The molecule has 2 aromatic carbocycles. The van der Waals surface area contributed by atoms with Gasteiger partial charge in [0.05, 0.1) is 38.8 Å². The molecule has 1 aromatic heterocycles. The number of methoxy groups -OCH3 is 2. The van der Waals surface area contributed by atoms with E-state index < -0.39 is 17.7 Å². The van der Waals surface area contributed by atoms with E-state index in [4.69, 9.17) is 14.2 Å². The van der Waals surface area contributed by atoms with Gasteiger partial charge in [0.25, 0.3) is 11.7 Å². The standard InChI is InChI=1S/C28H31N3O6/c1-4-16-37-21-9-6-19(7-10-21)26(32)24-25(20-8-11-22(35-2)23(17-20)36-3)31(28(34)27(24)33)14-5-13-30-15-12-29-18-30/h6-12,15,17-18,25,32H,4-5,13-14,16H2,1-3H3/b26-24+/t25-/m1/s1. The second kappa shape index (κ2) is 11.6. The predicted molar refractivity (Wildman–Crippen MR) is 138 cm³/mol. The monoisotopic (exact) mass is 505 g/mol. The number of benzene rings is 2. The maximum atomic E-state index is 13.3. The number of ketones is 1. The maximum absolute atomic E-state index is 13.3. The van der Waals surface area contributed by atoms with Crippen LogP contribution in [0.4, 0.5) is 0 Å². The van der Waals surface area contributed by atoms with Crippen molar-refractivity contribution in [2.45, 2.75) is 32.4 Å². The Hall–Kier alpha value is -4.27. The fourth-order valence-corrected chi connectivity index (χ4v) is 4.41. The van der Waals surface area contributed by atoms with Crippen LogP contribution >= 0.6 is 0 Å². The van der Waals surface area contributed by atoms with Gasteiger partial charge in [-0.1, -0.05) is 13.0 Å². The second-order valence-corrected chi connectivity index (χ2v) is 8.63. The Morgan fingerprint density at radius 1 is 1.03 bits per heavy atom. The summed E-state index contributed by atoms with van der Waals surface area (Å²) < 4.78 is 18.4. The Bertz CT molecular complexity index is 1270. The molecular weight excluding hydrogens is 474 g/mol. The molecule has 1 aliphatic rings. The summed E-state index contributed by atoms with van der Waals surface area (Å²) in [7, 11) is 3.06. The van der Waals surface area contributed by atoms with E-state index in [2.05, 4.69) is 4.98 Å². The number of aliphatic hydroxyl groups is 1. The quantitative estimate of drug-likeness (QED) is 0.237. The van der Waals surface area contributed by atoms with Crippen molar-refractivity contribution < 1.29 is 28.9 Å². The second-order valence-electron chi connectivity index (χ2n) is 8.63. The van der Waals surface area contributed by atoms with Crippen molar-refractivity contribution in [3.05, 3.63) is 77.9 Å².